The van der Waals surface area contributed by atoms with E-state index >= 15 is 0 Å². The van der Waals surface area contributed by atoms with Crippen molar-refractivity contribution in [2.24, 2.45) is 0 Å². The Labute approximate surface area is 250 Å². The van der Waals surface area contributed by atoms with Crippen LogP contribution >= 0.6 is 0 Å². The second-order valence-electron chi connectivity index (χ2n) is 11.7. The first kappa shape index (κ1) is 32.4. The van der Waals surface area contributed by atoms with Gasteiger partial charge in [0.25, 0.3) is 0 Å². The van der Waals surface area contributed by atoms with E-state index in [0.717, 1.165) is 34.2 Å². The molecule has 0 fully saturated rings. The number of unbranched alkanes of at least 4 members (excludes halogenated alkanes) is 1. The number of benzene rings is 3. The minimum Gasteiger partial charge on any atom is -0.444 e. The molecule has 0 heterocycles. The summed E-state index contributed by atoms with van der Waals surface area (Å²) in [6, 6.07) is 23.2. The fourth-order valence-electron chi connectivity index (χ4n) is 4.80. The van der Waals surface area contributed by atoms with Gasteiger partial charge < -0.3 is 20.3 Å². The second-order valence-corrected chi connectivity index (χ2v) is 11.7. The third kappa shape index (κ3) is 9.47. The van der Waals surface area contributed by atoms with Crippen LogP contribution < -0.4 is 10.6 Å². The molecule has 0 saturated heterocycles. The van der Waals surface area contributed by atoms with Gasteiger partial charge >= 0.3 is 6.09 Å². The molecular formula is C35H45N3O4. The lowest BCUT2D eigenvalue weighted by Gasteiger charge is -2.35. The summed E-state index contributed by atoms with van der Waals surface area (Å²) in [4.78, 5) is 43.2. The summed E-state index contributed by atoms with van der Waals surface area (Å²) in [5, 5.41) is 5.90. The molecule has 0 bridgehead atoms. The minimum absolute atomic E-state index is 0.257. The number of aryl methyl sites for hydroxylation is 1. The number of hydrogen-bond acceptors (Lipinski definition) is 4. The largest absolute Gasteiger partial charge is 0.444 e. The van der Waals surface area contributed by atoms with Crippen LogP contribution in [0.3, 0.4) is 0 Å². The first-order chi connectivity index (χ1) is 20.0. The van der Waals surface area contributed by atoms with Gasteiger partial charge in [-0.2, -0.15) is 0 Å². The van der Waals surface area contributed by atoms with Gasteiger partial charge in [0.2, 0.25) is 11.8 Å². The van der Waals surface area contributed by atoms with Crippen molar-refractivity contribution in [3.05, 3.63) is 107 Å². The van der Waals surface area contributed by atoms with E-state index < -0.39 is 23.8 Å². The van der Waals surface area contributed by atoms with E-state index in [9.17, 15) is 14.4 Å². The van der Waals surface area contributed by atoms with E-state index in [1.807, 2.05) is 99.6 Å². The van der Waals surface area contributed by atoms with Crippen LogP contribution in [-0.4, -0.2) is 41.0 Å². The number of rotatable bonds is 12. The third-order valence-corrected chi connectivity index (χ3v) is 7.12. The van der Waals surface area contributed by atoms with Gasteiger partial charge in [-0.3, -0.25) is 9.59 Å². The second kappa shape index (κ2) is 15.2. The average molecular weight is 572 g/mol. The highest BCUT2D eigenvalue weighted by Crippen LogP contribution is 2.28. The lowest BCUT2D eigenvalue weighted by molar-refractivity contribution is -0.142. The van der Waals surface area contributed by atoms with Crippen molar-refractivity contribution in [3.63, 3.8) is 0 Å². The number of nitrogens with one attached hydrogen (secondary N) is 2. The maximum atomic E-state index is 14.5. The molecule has 0 spiro atoms. The van der Waals surface area contributed by atoms with Crippen molar-refractivity contribution in [2.45, 2.75) is 85.0 Å². The molecule has 3 rings (SSSR count). The van der Waals surface area contributed by atoms with Crippen LogP contribution in [0.15, 0.2) is 78.9 Å². The first-order valence-electron chi connectivity index (χ1n) is 14.7. The first-order valence-corrected chi connectivity index (χ1v) is 14.7. The number of ether oxygens (including phenoxy) is 1. The van der Waals surface area contributed by atoms with Gasteiger partial charge in [-0.05, 0) is 68.9 Å². The van der Waals surface area contributed by atoms with Crippen LogP contribution in [0.4, 0.5) is 4.79 Å². The molecule has 0 aliphatic rings. The predicted octanol–water partition coefficient (Wildman–Crippen LogP) is 6.43. The fourth-order valence-corrected chi connectivity index (χ4v) is 4.80. The lowest BCUT2D eigenvalue weighted by atomic mass is 9.94. The molecule has 0 saturated carbocycles. The van der Waals surface area contributed by atoms with Crippen molar-refractivity contribution >= 4 is 17.9 Å². The summed E-state index contributed by atoms with van der Waals surface area (Å²) < 4.78 is 5.53. The highest BCUT2D eigenvalue weighted by atomic mass is 16.6. The van der Waals surface area contributed by atoms with Crippen LogP contribution in [-0.2, 0) is 27.3 Å². The third-order valence-electron chi connectivity index (χ3n) is 7.12. The Morgan fingerprint density at radius 1 is 0.857 bits per heavy atom. The zero-order valence-corrected chi connectivity index (χ0v) is 25.8. The van der Waals surface area contributed by atoms with Crippen molar-refractivity contribution in [3.8, 4) is 0 Å². The monoisotopic (exact) mass is 571 g/mol. The molecule has 2 atom stereocenters. The van der Waals surface area contributed by atoms with E-state index in [1.165, 1.54) is 0 Å². The van der Waals surface area contributed by atoms with Gasteiger partial charge in [0.15, 0.2) is 0 Å². The molecule has 0 aliphatic carbocycles. The Morgan fingerprint density at radius 2 is 1.48 bits per heavy atom. The van der Waals surface area contributed by atoms with Crippen LogP contribution in [0.5, 0.6) is 0 Å². The van der Waals surface area contributed by atoms with Crippen LogP contribution in [0, 0.1) is 13.8 Å². The van der Waals surface area contributed by atoms with Gasteiger partial charge in [0, 0.05) is 19.5 Å². The topological polar surface area (TPSA) is 87.7 Å². The molecule has 7 nitrogen and oxygen atoms in total. The standard InChI is InChI=1S/C35H45N3O4/c1-7-8-22-38(33(40)30(23-27-17-11-9-12-18-27)37-34(41)42-35(4,5)6)31(29-21-15-16-25(2)26(29)3)32(39)36-24-28-19-13-10-14-20-28/h9-21,30-31H,7-8,22-24H2,1-6H3,(H,36,39)(H,37,41). The summed E-state index contributed by atoms with van der Waals surface area (Å²) >= 11 is 0. The Morgan fingerprint density at radius 3 is 2.07 bits per heavy atom. The highest BCUT2D eigenvalue weighted by molar-refractivity contribution is 5.92. The number of nitrogens with zero attached hydrogens (tertiary/aromatic N) is 1. The van der Waals surface area contributed by atoms with Gasteiger partial charge in [-0.1, -0.05) is 92.2 Å². The number of carbonyl (C=O) groups is 3. The van der Waals surface area contributed by atoms with E-state index in [2.05, 4.69) is 10.6 Å². The Hall–Kier alpha value is -4.13. The van der Waals surface area contributed by atoms with E-state index in [0.29, 0.717) is 19.5 Å². The van der Waals surface area contributed by atoms with E-state index in [-0.39, 0.29) is 18.2 Å². The molecule has 42 heavy (non-hydrogen) atoms. The summed E-state index contributed by atoms with van der Waals surface area (Å²) in [7, 11) is 0. The van der Waals surface area contributed by atoms with E-state index in [4.69, 9.17) is 4.74 Å². The quantitative estimate of drug-likeness (QED) is 0.262. The van der Waals surface area contributed by atoms with Gasteiger partial charge in [-0.15, -0.1) is 0 Å². The Kier molecular flexibility index (Phi) is 11.7. The molecule has 2 N–H and O–H groups in total. The molecule has 3 amide bonds. The van der Waals surface area contributed by atoms with Gasteiger partial charge in [0.1, 0.15) is 17.7 Å². The number of amides is 3. The number of hydrogen-bond donors (Lipinski definition) is 2. The van der Waals surface area contributed by atoms with Crippen molar-refractivity contribution in [2.75, 3.05) is 6.54 Å². The van der Waals surface area contributed by atoms with Gasteiger partial charge in [0.05, 0.1) is 0 Å². The normalized spacial score (nSPS) is 12.6. The maximum absolute atomic E-state index is 14.5. The molecule has 7 heteroatoms. The van der Waals surface area contributed by atoms with Crippen LogP contribution in [0.25, 0.3) is 0 Å². The van der Waals surface area contributed by atoms with Crippen molar-refractivity contribution in [1.29, 1.82) is 0 Å². The average Bonchev–Trinajstić information content (AvgIpc) is 2.95. The zero-order chi connectivity index (χ0) is 30.7. The SMILES string of the molecule is CCCCN(C(=O)C(Cc1ccccc1)NC(=O)OC(C)(C)C)C(C(=O)NCc1ccccc1)c1cccc(C)c1C. The molecule has 224 valence electrons. The van der Waals surface area contributed by atoms with Gasteiger partial charge in [-0.25, -0.2) is 4.79 Å². The molecule has 3 aromatic carbocycles. The summed E-state index contributed by atoms with van der Waals surface area (Å²) in [6.45, 7) is 12.0. The smallest absolute Gasteiger partial charge is 0.408 e. The predicted molar refractivity (Wildman–Crippen MR) is 167 cm³/mol. The maximum Gasteiger partial charge on any atom is 0.408 e. The molecule has 0 aromatic heterocycles. The summed E-state index contributed by atoms with van der Waals surface area (Å²) in [5.74, 6) is -0.605. The summed E-state index contributed by atoms with van der Waals surface area (Å²) in [5.41, 5.74) is 3.87. The number of carbonyl (C=O) groups excluding carboxylic acids is 3. The highest BCUT2D eigenvalue weighted by Gasteiger charge is 2.37. The van der Waals surface area contributed by atoms with Crippen molar-refractivity contribution in [1.82, 2.24) is 15.5 Å². The Balaban J connectivity index is 2.04. The molecule has 3 aromatic rings. The summed E-state index contributed by atoms with van der Waals surface area (Å²) in [6.07, 6.45) is 1.11. The zero-order valence-electron chi connectivity index (χ0n) is 25.8. The molecular weight excluding hydrogens is 526 g/mol. The van der Waals surface area contributed by atoms with Crippen LogP contribution in [0.1, 0.15) is 74.4 Å². The lowest BCUT2D eigenvalue weighted by Crippen LogP contribution is -2.54. The minimum atomic E-state index is -0.936. The van der Waals surface area contributed by atoms with Crippen molar-refractivity contribution < 1.29 is 19.1 Å². The van der Waals surface area contributed by atoms with E-state index in [1.54, 1.807) is 25.7 Å². The van der Waals surface area contributed by atoms with Crippen LogP contribution in [0.2, 0.25) is 0 Å². The fraction of sp³-hybridized carbons (Fsp3) is 0.400. The molecule has 2 unspecified atom stereocenters. The number of alkyl carbamates (subject to hydrolysis) is 1. The Bertz CT molecular complexity index is 1320. The molecule has 0 radical (unpaired) electrons. The molecule has 0 aliphatic heterocycles.